The van der Waals surface area contributed by atoms with Gasteiger partial charge in [0.2, 0.25) is 0 Å². The number of benzene rings is 1. The number of nitrogen functional groups attached to an aromatic ring is 1. The van der Waals surface area contributed by atoms with Gasteiger partial charge in [-0.15, -0.1) is 0 Å². The van der Waals surface area contributed by atoms with Crippen molar-refractivity contribution in [3.8, 4) is 0 Å². The zero-order chi connectivity index (χ0) is 14.5. The lowest BCUT2D eigenvalue weighted by atomic mass is 10.1. The van der Waals surface area contributed by atoms with Gasteiger partial charge in [0.1, 0.15) is 0 Å². The number of methoxy groups -OCH3 is 1. The first-order chi connectivity index (χ1) is 9.63. The van der Waals surface area contributed by atoms with Crippen LogP contribution in [0.3, 0.4) is 0 Å². The first-order valence-electron chi connectivity index (χ1n) is 6.26. The zero-order valence-electron chi connectivity index (χ0n) is 11.5. The van der Waals surface area contributed by atoms with Crippen molar-refractivity contribution in [1.29, 1.82) is 0 Å². The van der Waals surface area contributed by atoms with Crippen LogP contribution in [0, 0.1) is 0 Å². The number of para-hydroxylation sites is 1. The minimum atomic E-state index is -0.444. The van der Waals surface area contributed by atoms with Crippen molar-refractivity contribution in [2.75, 3.05) is 18.2 Å². The predicted molar refractivity (Wildman–Crippen MR) is 78.5 cm³/mol. The van der Waals surface area contributed by atoms with E-state index in [1.165, 1.54) is 7.11 Å². The molecule has 0 spiro atoms. The minimum absolute atomic E-state index is 0.0268. The van der Waals surface area contributed by atoms with Crippen LogP contribution in [-0.4, -0.2) is 18.1 Å². The lowest BCUT2D eigenvalue weighted by molar-refractivity contribution is 0.0602. The average Bonchev–Trinajstić information content (AvgIpc) is 2.49. The molecule has 1 unspecified atom stereocenters. The van der Waals surface area contributed by atoms with Crippen molar-refractivity contribution >= 4 is 17.3 Å². The number of anilines is 2. The van der Waals surface area contributed by atoms with Crippen molar-refractivity contribution in [2.45, 2.75) is 13.0 Å². The minimum Gasteiger partial charge on any atom is -0.465 e. The molecule has 5 nitrogen and oxygen atoms in total. The van der Waals surface area contributed by atoms with Gasteiger partial charge in [0.25, 0.3) is 0 Å². The highest BCUT2D eigenvalue weighted by Crippen LogP contribution is 2.27. The smallest absolute Gasteiger partial charge is 0.340 e. The number of nitrogens with two attached hydrogens (primary N) is 1. The third kappa shape index (κ3) is 2.88. The van der Waals surface area contributed by atoms with Crippen LogP contribution in [0.15, 0.2) is 42.7 Å². The van der Waals surface area contributed by atoms with E-state index < -0.39 is 5.97 Å². The summed E-state index contributed by atoms with van der Waals surface area (Å²) in [4.78, 5) is 15.7. The highest BCUT2D eigenvalue weighted by Gasteiger charge is 2.14. The van der Waals surface area contributed by atoms with E-state index in [1.807, 2.05) is 25.1 Å². The summed E-state index contributed by atoms with van der Waals surface area (Å²) in [6.07, 6.45) is 3.51. The number of carbonyl (C=O) groups excluding carboxylic acids is 1. The number of ether oxygens (including phenoxy) is 1. The van der Waals surface area contributed by atoms with Gasteiger partial charge in [0, 0.05) is 12.4 Å². The Hall–Kier alpha value is -2.56. The lowest BCUT2D eigenvalue weighted by Crippen LogP contribution is -2.12. The van der Waals surface area contributed by atoms with Gasteiger partial charge in [-0.25, -0.2) is 4.79 Å². The topological polar surface area (TPSA) is 77.2 Å². The van der Waals surface area contributed by atoms with Crippen molar-refractivity contribution in [3.05, 3.63) is 53.9 Å². The van der Waals surface area contributed by atoms with Crippen LogP contribution >= 0.6 is 0 Å². The van der Waals surface area contributed by atoms with E-state index in [1.54, 1.807) is 24.5 Å². The second-order valence-corrected chi connectivity index (χ2v) is 4.41. The SMILES string of the molecule is COC(=O)c1cccc(NC(C)c2cccnc2)c1N. The van der Waals surface area contributed by atoms with E-state index in [2.05, 4.69) is 10.3 Å². The molecule has 0 fully saturated rings. The van der Waals surface area contributed by atoms with Crippen molar-refractivity contribution in [2.24, 2.45) is 0 Å². The quantitative estimate of drug-likeness (QED) is 0.660. The molecule has 0 aliphatic carbocycles. The number of aromatic nitrogens is 1. The molecule has 2 aromatic rings. The second-order valence-electron chi connectivity index (χ2n) is 4.41. The molecular formula is C15H17N3O2. The average molecular weight is 271 g/mol. The Labute approximate surface area is 117 Å². The van der Waals surface area contributed by atoms with E-state index in [9.17, 15) is 4.79 Å². The van der Waals surface area contributed by atoms with E-state index in [4.69, 9.17) is 10.5 Å². The van der Waals surface area contributed by atoms with Crippen LogP contribution in [0.5, 0.6) is 0 Å². The van der Waals surface area contributed by atoms with Crippen molar-refractivity contribution in [1.82, 2.24) is 4.98 Å². The summed E-state index contributed by atoms with van der Waals surface area (Å²) in [5, 5.41) is 3.27. The molecule has 0 saturated carbocycles. The van der Waals surface area contributed by atoms with Gasteiger partial charge < -0.3 is 15.8 Å². The number of nitrogens with one attached hydrogen (secondary N) is 1. The van der Waals surface area contributed by atoms with Gasteiger partial charge in [-0.05, 0) is 30.7 Å². The molecule has 0 bridgehead atoms. The number of hydrogen-bond acceptors (Lipinski definition) is 5. The Morgan fingerprint density at radius 1 is 1.35 bits per heavy atom. The van der Waals surface area contributed by atoms with Crippen LogP contribution in [0.25, 0.3) is 0 Å². The fourth-order valence-corrected chi connectivity index (χ4v) is 1.93. The highest BCUT2D eigenvalue weighted by molar-refractivity contribution is 5.98. The number of pyridine rings is 1. The summed E-state index contributed by atoms with van der Waals surface area (Å²) in [6.45, 7) is 2.00. The van der Waals surface area contributed by atoms with Crippen LogP contribution in [0.2, 0.25) is 0 Å². The molecule has 0 aliphatic heterocycles. The van der Waals surface area contributed by atoms with E-state index in [-0.39, 0.29) is 6.04 Å². The number of hydrogen-bond donors (Lipinski definition) is 2. The number of esters is 1. The molecule has 2 rings (SSSR count). The number of nitrogens with zero attached hydrogens (tertiary/aromatic N) is 1. The summed E-state index contributed by atoms with van der Waals surface area (Å²) in [5.41, 5.74) is 8.48. The Balaban J connectivity index is 2.24. The first kappa shape index (κ1) is 13.9. The fourth-order valence-electron chi connectivity index (χ4n) is 1.93. The molecular weight excluding hydrogens is 254 g/mol. The third-order valence-corrected chi connectivity index (χ3v) is 3.07. The van der Waals surface area contributed by atoms with Gasteiger partial charge in [-0.2, -0.15) is 0 Å². The molecule has 0 amide bonds. The lowest BCUT2D eigenvalue weighted by Gasteiger charge is -2.18. The van der Waals surface area contributed by atoms with Gasteiger partial charge in [0.05, 0.1) is 30.1 Å². The number of carbonyl (C=O) groups is 1. The maximum absolute atomic E-state index is 11.6. The molecule has 1 aromatic carbocycles. The zero-order valence-corrected chi connectivity index (χ0v) is 11.5. The Kier molecular flexibility index (Phi) is 4.20. The first-order valence-corrected chi connectivity index (χ1v) is 6.26. The van der Waals surface area contributed by atoms with E-state index in [0.29, 0.717) is 16.9 Å². The molecule has 0 radical (unpaired) electrons. The molecule has 0 saturated heterocycles. The molecule has 20 heavy (non-hydrogen) atoms. The van der Waals surface area contributed by atoms with Gasteiger partial charge >= 0.3 is 5.97 Å². The van der Waals surface area contributed by atoms with Gasteiger partial charge in [0.15, 0.2) is 0 Å². The van der Waals surface area contributed by atoms with Gasteiger partial charge in [-0.3, -0.25) is 4.98 Å². The maximum Gasteiger partial charge on any atom is 0.340 e. The molecule has 5 heteroatoms. The molecule has 1 heterocycles. The third-order valence-electron chi connectivity index (χ3n) is 3.07. The molecule has 1 aromatic heterocycles. The second kappa shape index (κ2) is 6.06. The summed E-state index contributed by atoms with van der Waals surface area (Å²) < 4.78 is 4.70. The standard InChI is InChI=1S/C15H17N3O2/c1-10(11-5-4-8-17-9-11)18-13-7-3-6-12(14(13)16)15(19)20-2/h3-10,18H,16H2,1-2H3. The van der Waals surface area contributed by atoms with Crippen molar-refractivity contribution in [3.63, 3.8) is 0 Å². The van der Waals surface area contributed by atoms with Crippen LogP contribution in [0.1, 0.15) is 28.9 Å². The number of rotatable bonds is 4. The monoisotopic (exact) mass is 271 g/mol. The molecule has 1 atom stereocenters. The van der Waals surface area contributed by atoms with E-state index in [0.717, 1.165) is 5.56 Å². The summed E-state index contributed by atoms with van der Waals surface area (Å²) >= 11 is 0. The molecule has 104 valence electrons. The summed E-state index contributed by atoms with van der Waals surface area (Å²) in [5.74, 6) is -0.444. The Bertz CT molecular complexity index is 599. The Morgan fingerprint density at radius 2 is 2.15 bits per heavy atom. The maximum atomic E-state index is 11.6. The largest absolute Gasteiger partial charge is 0.465 e. The van der Waals surface area contributed by atoms with Crippen LogP contribution in [0.4, 0.5) is 11.4 Å². The highest BCUT2D eigenvalue weighted by atomic mass is 16.5. The Morgan fingerprint density at radius 3 is 2.80 bits per heavy atom. The summed E-state index contributed by atoms with van der Waals surface area (Å²) in [7, 11) is 1.33. The van der Waals surface area contributed by atoms with Crippen LogP contribution < -0.4 is 11.1 Å². The van der Waals surface area contributed by atoms with Gasteiger partial charge in [-0.1, -0.05) is 12.1 Å². The van der Waals surface area contributed by atoms with Crippen molar-refractivity contribution < 1.29 is 9.53 Å². The predicted octanol–water partition coefficient (Wildman–Crippen LogP) is 2.62. The molecule has 3 N–H and O–H groups in total. The summed E-state index contributed by atoms with van der Waals surface area (Å²) in [6, 6.07) is 9.11. The van der Waals surface area contributed by atoms with Crippen LogP contribution in [-0.2, 0) is 4.74 Å². The normalized spacial score (nSPS) is 11.7. The fraction of sp³-hybridized carbons (Fsp3) is 0.200. The molecule has 0 aliphatic rings. The van der Waals surface area contributed by atoms with E-state index >= 15 is 0 Å².